The van der Waals surface area contributed by atoms with Gasteiger partial charge in [-0.3, -0.25) is 4.98 Å². The number of hydrogen-bond donors (Lipinski definition) is 1. The second-order valence-electron chi connectivity index (χ2n) is 5.68. The van der Waals surface area contributed by atoms with Crippen LogP contribution in [0.5, 0.6) is 5.88 Å². The standard InChI is InChI=1S/C18H13N5OS2/c1-2-4-13-12(3-1)11(7-20-13)5-6-24-17-15-18(26-10-21-15)23-16(22-17)14-8-19-9-25-14/h1-4,7-10,20H,5-6H2. The van der Waals surface area contributed by atoms with Crippen LogP contribution < -0.4 is 4.74 Å². The molecule has 0 amide bonds. The largest absolute Gasteiger partial charge is 0.476 e. The minimum Gasteiger partial charge on any atom is -0.476 e. The molecule has 0 fully saturated rings. The summed E-state index contributed by atoms with van der Waals surface area (Å²) in [5.41, 5.74) is 6.61. The molecule has 4 heterocycles. The van der Waals surface area contributed by atoms with E-state index in [9.17, 15) is 0 Å². The fraction of sp³-hybridized carbons (Fsp3) is 0.111. The Balaban J connectivity index is 1.41. The molecule has 0 aliphatic rings. The van der Waals surface area contributed by atoms with Crippen LogP contribution >= 0.6 is 22.7 Å². The van der Waals surface area contributed by atoms with E-state index < -0.39 is 0 Å². The maximum absolute atomic E-state index is 6.00. The SMILES string of the molecule is c1ccc2c(CCOc3nc(-c4cncs4)nc4scnc34)c[nH]c2c1. The zero-order valence-electron chi connectivity index (χ0n) is 13.5. The molecule has 1 N–H and O–H groups in total. The van der Waals surface area contributed by atoms with Crippen LogP contribution in [0.25, 0.3) is 32.0 Å². The highest BCUT2D eigenvalue weighted by atomic mass is 32.1. The van der Waals surface area contributed by atoms with Crippen LogP contribution in [0.3, 0.4) is 0 Å². The Labute approximate surface area is 156 Å². The molecule has 4 aromatic heterocycles. The van der Waals surface area contributed by atoms with E-state index >= 15 is 0 Å². The molecular formula is C18H13N5OS2. The number of aromatic nitrogens is 5. The van der Waals surface area contributed by atoms with Gasteiger partial charge in [-0.05, 0) is 11.6 Å². The summed E-state index contributed by atoms with van der Waals surface area (Å²) >= 11 is 2.99. The van der Waals surface area contributed by atoms with E-state index in [1.165, 1.54) is 33.6 Å². The average Bonchev–Trinajstić information content (AvgIpc) is 3.42. The zero-order valence-corrected chi connectivity index (χ0v) is 15.2. The number of nitrogens with zero attached hydrogens (tertiary/aromatic N) is 4. The molecule has 0 unspecified atom stereocenters. The summed E-state index contributed by atoms with van der Waals surface area (Å²) in [6, 6.07) is 8.27. The van der Waals surface area contributed by atoms with Crippen LogP contribution in [0.2, 0.25) is 0 Å². The van der Waals surface area contributed by atoms with E-state index in [4.69, 9.17) is 4.74 Å². The number of fused-ring (bicyclic) bond motifs is 2. The molecule has 0 atom stereocenters. The first-order valence-corrected chi connectivity index (χ1v) is 9.82. The highest BCUT2D eigenvalue weighted by Crippen LogP contribution is 2.29. The third-order valence-corrected chi connectivity index (χ3v) is 5.59. The van der Waals surface area contributed by atoms with Crippen LogP contribution in [0.1, 0.15) is 5.56 Å². The molecule has 8 heteroatoms. The number of aromatic amines is 1. The summed E-state index contributed by atoms with van der Waals surface area (Å²) < 4.78 is 6.00. The van der Waals surface area contributed by atoms with Gasteiger partial charge in [0.1, 0.15) is 0 Å². The van der Waals surface area contributed by atoms with Crippen molar-refractivity contribution in [3.63, 3.8) is 0 Å². The molecule has 128 valence electrons. The molecule has 5 aromatic rings. The fourth-order valence-corrected chi connectivity index (χ4v) is 4.07. The van der Waals surface area contributed by atoms with Gasteiger partial charge in [0.05, 0.1) is 22.5 Å². The summed E-state index contributed by atoms with van der Waals surface area (Å²) in [5, 5.41) is 1.22. The average molecular weight is 379 g/mol. The Morgan fingerprint density at radius 2 is 2.04 bits per heavy atom. The monoisotopic (exact) mass is 379 g/mol. The van der Waals surface area contributed by atoms with Crippen molar-refractivity contribution in [2.45, 2.75) is 6.42 Å². The number of H-pyrrole nitrogens is 1. The first-order valence-electron chi connectivity index (χ1n) is 8.06. The summed E-state index contributed by atoms with van der Waals surface area (Å²) in [6.45, 7) is 0.521. The molecule has 0 bridgehead atoms. The third kappa shape index (κ3) is 2.73. The van der Waals surface area contributed by atoms with Crippen molar-refractivity contribution < 1.29 is 4.74 Å². The highest BCUT2D eigenvalue weighted by Gasteiger charge is 2.14. The number of thiazole rings is 2. The van der Waals surface area contributed by atoms with Crippen LogP contribution in [0.15, 0.2) is 47.7 Å². The van der Waals surface area contributed by atoms with E-state index in [0.29, 0.717) is 23.8 Å². The van der Waals surface area contributed by atoms with Crippen molar-refractivity contribution in [3.05, 3.63) is 53.2 Å². The maximum atomic E-state index is 6.00. The predicted octanol–water partition coefficient (Wildman–Crippen LogP) is 4.31. The molecule has 1 aromatic carbocycles. The van der Waals surface area contributed by atoms with Crippen LogP contribution in [-0.2, 0) is 6.42 Å². The lowest BCUT2D eigenvalue weighted by atomic mass is 10.1. The number of rotatable bonds is 5. The summed E-state index contributed by atoms with van der Waals surface area (Å²) in [6.07, 6.45) is 4.59. The third-order valence-electron chi connectivity index (χ3n) is 4.10. The van der Waals surface area contributed by atoms with Crippen molar-refractivity contribution in [1.82, 2.24) is 24.9 Å². The lowest BCUT2D eigenvalue weighted by Crippen LogP contribution is -2.04. The maximum Gasteiger partial charge on any atom is 0.245 e. The van der Waals surface area contributed by atoms with Crippen molar-refractivity contribution >= 4 is 43.9 Å². The Kier molecular flexibility index (Phi) is 3.84. The predicted molar refractivity (Wildman–Crippen MR) is 104 cm³/mol. The Morgan fingerprint density at radius 3 is 2.96 bits per heavy atom. The molecule has 0 saturated heterocycles. The van der Waals surface area contributed by atoms with Gasteiger partial charge in [-0.15, -0.1) is 22.7 Å². The lowest BCUT2D eigenvalue weighted by molar-refractivity contribution is 0.313. The number of ether oxygens (including phenoxy) is 1. The second kappa shape index (κ2) is 6.47. The van der Waals surface area contributed by atoms with Gasteiger partial charge in [-0.2, -0.15) is 4.98 Å². The molecular weight excluding hydrogens is 366 g/mol. The minimum absolute atomic E-state index is 0.521. The number of para-hydroxylation sites is 1. The number of nitrogens with one attached hydrogen (secondary N) is 1. The quantitative estimate of drug-likeness (QED) is 0.492. The number of benzene rings is 1. The van der Waals surface area contributed by atoms with E-state index in [1.807, 2.05) is 18.3 Å². The van der Waals surface area contributed by atoms with Gasteiger partial charge in [0, 0.05) is 29.7 Å². The van der Waals surface area contributed by atoms with E-state index in [1.54, 1.807) is 17.2 Å². The van der Waals surface area contributed by atoms with Gasteiger partial charge in [-0.25, -0.2) is 9.97 Å². The molecule has 26 heavy (non-hydrogen) atoms. The Hall–Kier alpha value is -2.84. The van der Waals surface area contributed by atoms with Crippen LogP contribution in [0.4, 0.5) is 0 Å². The van der Waals surface area contributed by atoms with Crippen LogP contribution in [-0.4, -0.2) is 31.5 Å². The Morgan fingerprint density at radius 1 is 1.08 bits per heavy atom. The minimum atomic E-state index is 0.521. The van der Waals surface area contributed by atoms with Gasteiger partial charge >= 0.3 is 0 Å². The number of hydrogen-bond acceptors (Lipinski definition) is 7. The van der Waals surface area contributed by atoms with Gasteiger partial charge < -0.3 is 9.72 Å². The van der Waals surface area contributed by atoms with Gasteiger partial charge in [0.15, 0.2) is 16.2 Å². The summed E-state index contributed by atoms with van der Waals surface area (Å²) in [4.78, 5) is 22.6. The highest BCUT2D eigenvalue weighted by molar-refractivity contribution is 7.16. The molecule has 5 rings (SSSR count). The Bertz CT molecular complexity index is 1180. The summed E-state index contributed by atoms with van der Waals surface area (Å²) in [5.74, 6) is 1.16. The van der Waals surface area contributed by atoms with Crippen molar-refractivity contribution in [3.8, 4) is 16.6 Å². The molecule has 0 spiro atoms. The van der Waals surface area contributed by atoms with Crippen molar-refractivity contribution in [2.24, 2.45) is 0 Å². The molecule has 0 aliphatic heterocycles. The molecule has 6 nitrogen and oxygen atoms in total. The lowest BCUT2D eigenvalue weighted by Gasteiger charge is -2.07. The normalized spacial score (nSPS) is 11.4. The van der Waals surface area contributed by atoms with Gasteiger partial charge in [-0.1, -0.05) is 18.2 Å². The first kappa shape index (κ1) is 15.4. The van der Waals surface area contributed by atoms with Crippen molar-refractivity contribution in [1.29, 1.82) is 0 Å². The first-order chi connectivity index (χ1) is 12.9. The van der Waals surface area contributed by atoms with Crippen LogP contribution in [0, 0.1) is 0 Å². The van der Waals surface area contributed by atoms with Gasteiger partial charge in [0.2, 0.25) is 5.88 Å². The topological polar surface area (TPSA) is 76.6 Å². The smallest absolute Gasteiger partial charge is 0.245 e. The van der Waals surface area contributed by atoms with Crippen molar-refractivity contribution in [2.75, 3.05) is 6.61 Å². The fourth-order valence-electron chi connectivity index (χ4n) is 2.87. The van der Waals surface area contributed by atoms with E-state index in [0.717, 1.165) is 21.6 Å². The molecule has 0 saturated carbocycles. The molecule has 0 aliphatic carbocycles. The van der Waals surface area contributed by atoms with Gasteiger partial charge in [0.25, 0.3) is 0 Å². The van der Waals surface area contributed by atoms with E-state index in [2.05, 4.69) is 37.1 Å². The molecule has 0 radical (unpaired) electrons. The zero-order chi connectivity index (χ0) is 17.3. The van der Waals surface area contributed by atoms with E-state index in [-0.39, 0.29) is 0 Å². The summed E-state index contributed by atoms with van der Waals surface area (Å²) in [7, 11) is 0. The second-order valence-corrected chi connectivity index (χ2v) is 7.40.